The number of ether oxygens (including phenoxy) is 1. The van der Waals surface area contributed by atoms with Gasteiger partial charge in [0, 0.05) is 23.3 Å². The normalized spacial score (nSPS) is 10.2. The lowest BCUT2D eigenvalue weighted by molar-refractivity contribution is 0.102. The summed E-state index contributed by atoms with van der Waals surface area (Å²) >= 11 is 0. The quantitative estimate of drug-likeness (QED) is 0.673. The average Bonchev–Trinajstić information content (AvgIpc) is 2.64. The molecule has 3 rings (SSSR count). The lowest BCUT2D eigenvalue weighted by Crippen LogP contribution is -2.13. The molecular formula is C21H21N3O2. The van der Waals surface area contributed by atoms with Crippen molar-refractivity contribution < 1.29 is 9.53 Å². The largest absolute Gasteiger partial charge is 0.494 e. The van der Waals surface area contributed by atoms with Crippen LogP contribution in [0.25, 0.3) is 0 Å². The topological polar surface area (TPSA) is 63.2 Å². The van der Waals surface area contributed by atoms with Gasteiger partial charge >= 0.3 is 0 Å². The van der Waals surface area contributed by atoms with E-state index in [2.05, 4.69) is 15.6 Å². The zero-order chi connectivity index (χ0) is 18.4. The summed E-state index contributed by atoms with van der Waals surface area (Å²) in [7, 11) is 0. The standard InChI is InChI=1S/C21H21N3O2/c1-3-26-19-9-7-16(8-10-19)23-18-11-12-22-20(14-18)21(25)24-17-6-4-5-15(2)13-17/h4-14H,3H2,1-2H3,(H,22,23)(H,24,25). The summed E-state index contributed by atoms with van der Waals surface area (Å²) < 4.78 is 5.44. The molecule has 0 bridgehead atoms. The van der Waals surface area contributed by atoms with Crippen LogP contribution in [0.5, 0.6) is 5.75 Å². The number of amides is 1. The van der Waals surface area contributed by atoms with Gasteiger partial charge in [0.05, 0.1) is 6.61 Å². The molecule has 0 unspecified atom stereocenters. The third-order valence-electron chi connectivity index (χ3n) is 3.72. The van der Waals surface area contributed by atoms with Crippen molar-refractivity contribution in [3.05, 3.63) is 78.1 Å². The second kappa shape index (κ2) is 8.16. The van der Waals surface area contributed by atoms with E-state index in [0.29, 0.717) is 12.3 Å². The molecule has 0 aliphatic heterocycles. The van der Waals surface area contributed by atoms with Gasteiger partial charge < -0.3 is 15.4 Å². The summed E-state index contributed by atoms with van der Waals surface area (Å²) in [5, 5.41) is 6.13. The van der Waals surface area contributed by atoms with Crippen molar-refractivity contribution in [1.29, 1.82) is 0 Å². The first-order chi connectivity index (χ1) is 12.6. The van der Waals surface area contributed by atoms with Crippen LogP contribution in [-0.2, 0) is 0 Å². The van der Waals surface area contributed by atoms with Crippen LogP contribution in [0.15, 0.2) is 66.9 Å². The van der Waals surface area contributed by atoms with E-state index in [9.17, 15) is 4.79 Å². The number of hydrogen-bond acceptors (Lipinski definition) is 4. The molecule has 2 aromatic carbocycles. The van der Waals surface area contributed by atoms with E-state index in [-0.39, 0.29) is 5.91 Å². The van der Waals surface area contributed by atoms with Gasteiger partial charge in [0.2, 0.25) is 0 Å². The van der Waals surface area contributed by atoms with Gasteiger partial charge in [-0.25, -0.2) is 0 Å². The van der Waals surface area contributed by atoms with Gasteiger partial charge in [-0.2, -0.15) is 0 Å². The Morgan fingerprint density at radius 3 is 2.54 bits per heavy atom. The Balaban J connectivity index is 1.70. The molecule has 1 aromatic heterocycles. The zero-order valence-electron chi connectivity index (χ0n) is 14.8. The molecule has 0 radical (unpaired) electrons. The average molecular weight is 347 g/mol. The zero-order valence-corrected chi connectivity index (χ0v) is 14.8. The molecule has 0 fully saturated rings. The van der Waals surface area contributed by atoms with E-state index in [1.807, 2.05) is 68.4 Å². The molecule has 3 aromatic rings. The Kier molecular flexibility index (Phi) is 5.49. The molecule has 0 atom stereocenters. The lowest BCUT2D eigenvalue weighted by Gasteiger charge is -2.10. The Hall–Kier alpha value is -3.34. The van der Waals surface area contributed by atoms with Gasteiger partial charge in [0.15, 0.2) is 0 Å². The number of anilines is 3. The fourth-order valence-electron chi connectivity index (χ4n) is 2.52. The molecule has 5 heteroatoms. The van der Waals surface area contributed by atoms with Crippen molar-refractivity contribution in [2.45, 2.75) is 13.8 Å². The first-order valence-electron chi connectivity index (χ1n) is 8.48. The molecule has 0 aliphatic carbocycles. The van der Waals surface area contributed by atoms with E-state index in [1.54, 1.807) is 12.3 Å². The van der Waals surface area contributed by atoms with Crippen LogP contribution in [0.2, 0.25) is 0 Å². The summed E-state index contributed by atoms with van der Waals surface area (Å²) in [6.07, 6.45) is 1.61. The highest BCUT2D eigenvalue weighted by Gasteiger charge is 2.09. The Morgan fingerprint density at radius 2 is 1.81 bits per heavy atom. The van der Waals surface area contributed by atoms with E-state index in [4.69, 9.17) is 4.74 Å². The predicted molar refractivity (Wildman–Crippen MR) is 104 cm³/mol. The van der Waals surface area contributed by atoms with Crippen molar-refractivity contribution in [3.8, 4) is 5.75 Å². The molecule has 5 nitrogen and oxygen atoms in total. The van der Waals surface area contributed by atoms with E-state index >= 15 is 0 Å². The summed E-state index contributed by atoms with van der Waals surface area (Å²) in [6, 6.07) is 18.9. The van der Waals surface area contributed by atoms with Crippen LogP contribution in [0.1, 0.15) is 23.0 Å². The molecule has 132 valence electrons. The highest BCUT2D eigenvalue weighted by atomic mass is 16.5. The van der Waals surface area contributed by atoms with Crippen molar-refractivity contribution in [2.24, 2.45) is 0 Å². The van der Waals surface area contributed by atoms with Crippen LogP contribution in [0, 0.1) is 6.92 Å². The van der Waals surface area contributed by atoms with Crippen LogP contribution in [0.3, 0.4) is 0 Å². The molecule has 0 spiro atoms. The monoisotopic (exact) mass is 347 g/mol. The smallest absolute Gasteiger partial charge is 0.274 e. The SMILES string of the molecule is CCOc1ccc(Nc2ccnc(C(=O)Nc3cccc(C)c3)c2)cc1. The number of hydrogen-bond donors (Lipinski definition) is 2. The maximum atomic E-state index is 12.4. The fraction of sp³-hybridized carbons (Fsp3) is 0.143. The van der Waals surface area contributed by atoms with Gasteiger partial charge in [-0.05, 0) is 67.9 Å². The van der Waals surface area contributed by atoms with Crippen LogP contribution < -0.4 is 15.4 Å². The van der Waals surface area contributed by atoms with E-state index < -0.39 is 0 Å². The van der Waals surface area contributed by atoms with Gasteiger partial charge in [-0.1, -0.05) is 12.1 Å². The number of aromatic nitrogens is 1. The molecule has 2 N–H and O–H groups in total. The maximum Gasteiger partial charge on any atom is 0.274 e. The fourth-order valence-corrected chi connectivity index (χ4v) is 2.52. The number of pyridine rings is 1. The molecule has 1 amide bonds. The third-order valence-corrected chi connectivity index (χ3v) is 3.72. The number of nitrogens with one attached hydrogen (secondary N) is 2. The first kappa shape index (κ1) is 17.5. The second-order valence-corrected chi connectivity index (χ2v) is 5.84. The van der Waals surface area contributed by atoms with Crippen molar-refractivity contribution in [3.63, 3.8) is 0 Å². The van der Waals surface area contributed by atoms with Crippen LogP contribution in [-0.4, -0.2) is 17.5 Å². The van der Waals surface area contributed by atoms with Crippen molar-refractivity contribution >= 4 is 23.0 Å². The summed E-state index contributed by atoms with van der Waals surface area (Å²) in [5.74, 6) is 0.581. The highest BCUT2D eigenvalue weighted by molar-refractivity contribution is 6.03. The molecule has 0 saturated carbocycles. The Morgan fingerprint density at radius 1 is 1.00 bits per heavy atom. The van der Waals surface area contributed by atoms with E-state index in [0.717, 1.165) is 28.4 Å². The minimum Gasteiger partial charge on any atom is -0.494 e. The minimum atomic E-state index is -0.244. The second-order valence-electron chi connectivity index (χ2n) is 5.84. The molecule has 0 aliphatic rings. The number of aryl methyl sites for hydroxylation is 1. The number of carbonyl (C=O) groups excluding carboxylic acids is 1. The molecule has 0 saturated heterocycles. The first-order valence-corrected chi connectivity index (χ1v) is 8.48. The molecule has 26 heavy (non-hydrogen) atoms. The predicted octanol–water partition coefficient (Wildman–Crippen LogP) is 4.78. The van der Waals surface area contributed by atoms with Crippen molar-refractivity contribution in [2.75, 3.05) is 17.2 Å². The highest BCUT2D eigenvalue weighted by Crippen LogP contribution is 2.20. The van der Waals surface area contributed by atoms with Crippen molar-refractivity contribution in [1.82, 2.24) is 4.98 Å². The number of nitrogens with zero attached hydrogens (tertiary/aromatic N) is 1. The Bertz CT molecular complexity index is 892. The number of benzene rings is 2. The van der Waals surface area contributed by atoms with E-state index in [1.165, 1.54) is 0 Å². The third kappa shape index (κ3) is 4.60. The minimum absolute atomic E-state index is 0.244. The van der Waals surface area contributed by atoms with Crippen LogP contribution >= 0.6 is 0 Å². The van der Waals surface area contributed by atoms with Gasteiger partial charge in [0.1, 0.15) is 11.4 Å². The summed E-state index contributed by atoms with van der Waals surface area (Å²) in [4.78, 5) is 16.6. The molecule has 1 heterocycles. The number of carbonyl (C=O) groups is 1. The van der Waals surface area contributed by atoms with Gasteiger partial charge in [-0.3, -0.25) is 9.78 Å². The summed E-state index contributed by atoms with van der Waals surface area (Å²) in [5.41, 5.74) is 3.88. The summed E-state index contributed by atoms with van der Waals surface area (Å²) in [6.45, 7) is 4.57. The number of rotatable bonds is 6. The van der Waals surface area contributed by atoms with Gasteiger partial charge in [-0.15, -0.1) is 0 Å². The Labute approximate surface area is 153 Å². The maximum absolute atomic E-state index is 12.4. The van der Waals surface area contributed by atoms with Gasteiger partial charge in [0.25, 0.3) is 5.91 Å². The lowest BCUT2D eigenvalue weighted by atomic mass is 10.2. The van der Waals surface area contributed by atoms with Crippen LogP contribution in [0.4, 0.5) is 17.1 Å². The molecular weight excluding hydrogens is 326 g/mol.